The van der Waals surface area contributed by atoms with Crippen LogP contribution in [-0.2, 0) is 6.42 Å². The lowest BCUT2D eigenvalue weighted by Gasteiger charge is -2.35. The molecule has 1 amide bonds. The molecule has 26 heavy (non-hydrogen) atoms. The van der Waals surface area contributed by atoms with E-state index in [-0.39, 0.29) is 28.2 Å². The van der Waals surface area contributed by atoms with Crippen molar-refractivity contribution < 1.29 is 9.72 Å². The number of fused-ring (bicyclic) bond motifs is 1. The monoisotopic (exact) mass is 404 g/mol. The number of benzene rings is 1. The van der Waals surface area contributed by atoms with Crippen LogP contribution < -0.4 is 0 Å². The van der Waals surface area contributed by atoms with Crippen molar-refractivity contribution >= 4 is 45.9 Å². The Hall–Kier alpha value is -2.22. The van der Waals surface area contributed by atoms with E-state index in [0.717, 1.165) is 16.9 Å². The van der Waals surface area contributed by atoms with E-state index in [1.165, 1.54) is 23.1 Å². The van der Waals surface area contributed by atoms with Crippen molar-refractivity contribution in [1.29, 1.82) is 0 Å². The molecule has 0 unspecified atom stereocenters. The van der Waals surface area contributed by atoms with Gasteiger partial charge in [-0.1, -0.05) is 17.7 Å². The second-order valence-electron chi connectivity index (χ2n) is 5.89. The summed E-state index contributed by atoms with van der Waals surface area (Å²) in [4.78, 5) is 27.8. The third-order valence-electron chi connectivity index (χ3n) is 4.43. The van der Waals surface area contributed by atoms with Gasteiger partial charge in [0.15, 0.2) is 0 Å². The summed E-state index contributed by atoms with van der Waals surface area (Å²) in [6.45, 7) is 0.586. The second-order valence-corrected chi connectivity index (χ2v) is 8.27. The van der Waals surface area contributed by atoms with E-state index in [4.69, 9.17) is 11.6 Å². The minimum Gasteiger partial charge on any atom is -0.326 e. The van der Waals surface area contributed by atoms with Gasteiger partial charge in [0.05, 0.1) is 21.6 Å². The minimum atomic E-state index is -0.521. The number of carbonyl (C=O) groups excluding carboxylic acids is 1. The number of halogens is 1. The molecule has 0 bridgehead atoms. The summed E-state index contributed by atoms with van der Waals surface area (Å²) in [6.07, 6.45) is 0.797. The molecule has 0 aliphatic carbocycles. The fraction of sp³-hybridized carbons (Fsp3) is 0.167. The number of non-ortho nitro benzene ring substituents is 1. The van der Waals surface area contributed by atoms with Gasteiger partial charge in [0.25, 0.3) is 11.6 Å². The van der Waals surface area contributed by atoms with Crippen LogP contribution in [0.4, 0.5) is 5.69 Å². The van der Waals surface area contributed by atoms with Gasteiger partial charge < -0.3 is 4.90 Å². The number of nitro groups is 1. The quantitative estimate of drug-likeness (QED) is 0.447. The summed E-state index contributed by atoms with van der Waals surface area (Å²) in [5.74, 6) is -0.208. The highest BCUT2D eigenvalue weighted by molar-refractivity contribution is 7.10. The Kier molecular flexibility index (Phi) is 4.52. The highest BCUT2D eigenvalue weighted by Gasteiger charge is 2.34. The van der Waals surface area contributed by atoms with Gasteiger partial charge in [0, 0.05) is 28.4 Å². The second kappa shape index (κ2) is 6.83. The lowest BCUT2D eigenvalue weighted by molar-refractivity contribution is -0.384. The van der Waals surface area contributed by atoms with Crippen LogP contribution in [0.2, 0.25) is 5.02 Å². The van der Waals surface area contributed by atoms with Crippen LogP contribution in [0, 0.1) is 10.1 Å². The molecular weight excluding hydrogens is 392 g/mol. The summed E-state index contributed by atoms with van der Waals surface area (Å²) in [5.41, 5.74) is 1.31. The van der Waals surface area contributed by atoms with Crippen LogP contribution >= 0.6 is 34.3 Å². The molecule has 0 radical (unpaired) electrons. The van der Waals surface area contributed by atoms with Crippen molar-refractivity contribution in [2.45, 2.75) is 12.5 Å². The Labute approximate surface area is 162 Å². The molecule has 1 aromatic carbocycles. The molecule has 5 nitrogen and oxygen atoms in total. The van der Waals surface area contributed by atoms with Gasteiger partial charge in [-0.3, -0.25) is 14.9 Å². The van der Waals surface area contributed by atoms with Gasteiger partial charge in [-0.05, 0) is 40.9 Å². The van der Waals surface area contributed by atoms with E-state index in [1.54, 1.807) is 22.7 Å². The van der Waals surface area contributed by atoms with Crippen molar-refractivity contribution in [2.24, 2.45) is 0 Å². The summed E-state index contributed by atoms with van der Waals surface area (Å²) >= 11 is 9.51. The van der Waals surface area contributed by atoms with Gasteiger partial charge in [-0.25, -0.2) is 0 Å². The van der Waals surface area contributed by atoms with Gasteiger partial charge in [-0.2, -0.15) is 0 Å². The fourth-order valence-corrected chi connectivity index (χ4v) is 5.25. The number of nitro benzene ring substituents is 1. The predicted molar refractivity (Wildman–Crippen MR) is 103 cm³/mol. The number of amides is 1. The maximum absolute atomic E-state index is 13.2. The number of hydrogen-bond donors (Lipinski definition) is 0. The first-order valence-electron chi connectivity index (χ1n) is 7.91. The molecule has 8 heteroatoms. The van der Waals surface area contributed by atoms with Crippen LogP contribution in [0.15, 0.2) is 47.2 Å². The first kappa shape index (κ1) is 17.2. The molecule has 132 valence electrons. The Balaban J connectivity index is 1.74. The van der Waals surface area contributed by atoms with Crippen molar-refractivity contribution in [3.63, 3.8) is 0 Å². The number of nitrogens with zero attached hydrogens (tertiary/aromatic N) is 2. The molecule has 4 rings (SSSR count). The van der Waals surface area contributed by atoms with Crippen molar-refractivity contribution in [2.75, 3.05) is 6.54 Å². The van der Waals surface area contributed by atoms with Crippen molar-refractivity contribution in [3.8, 4) is 0 Å². The predicted octanol–water partition coefficient (Wildman–Crippen LogP) is 5.16. The summed E-state index contributed by atoms with van der Waals surface area (Å²) < 4.78 is 0. The van der Waals surface area contributed by atoms with E-state index in [0.29, 0.717) is 6.54 Å². The third-order valence-corrected chi connectivity index (χ3v) is 6.67. The highest BCUT2D eigenvalue weighted by Crippen LogP contribution is 2.40. The molecule has 0 fully saturated rings. The van der Waals surface area contributed by atoms with Crippen LogP contribution in [0.3, 0.4) is 0 Å². The van der Waals surface area contributed by atoms with Crippen LogP contribution in [0.5, 0.6) is 0 Å². The molecule has 3 aromatic rings. The smallest absolute Gasteiger partial charge is 0.270 e. The Morgan fingerprint density at radius 3 is 2.77 bits per heavy atom. The van der Waals surface area contributed by atoms with Gasteiger partial charge in [-0.15, -0.1) is 22.7 Å². The van der Waals surface area contributed by atoms with Crippen molar-refractivity contribution in [3.05, 3.63) is 83.2 Å². The van der Waals surface area contributed by atoms with E-state index in [2.05, 4.69) is 11.4 Å². The molecule has 3 heterocycles. The van der Waals surface area contributed by atoms with Crippen LogP contribution in [0.25, 0.3) is 0 Å². The lowest BCUT2D eigenvalue weighted by Crippen LogP contribution is -2.39. The highest BCUT2D eigenvalue weighted by atomic mass is 35.5. The number of hydrogen-bond acceptors (Lipinski definition) is 5. The molecule has 0 spiro atoms. The zero-order valence-electron chi connectivity index (χ0n) is 13.4. The molecule has 0 N–H and O–H groups in total. The standard InChI is InChI=1S/C18H13ClN2O3S2/c19-14-10-11(21(23)24)3-4-12(14)18(22)20-7-5-15-13(6-9-26-15)17(20)16-2-1-8-25-16/h1-4,6,8-10,17H,5,7H2/t17-/m0/s1. The lowest BCUT2D eigenvalue weighted by atomic mass is 9.97. The Morgan fingerprint density at radius 1 is 1.23 bits per heavy atom. The summed E-state index contributed by atoms with van der Waals surface area (Å²) in [6, 6.07) is 9.91. The molecule has 0 saturated carbocycles. The first-order valence-corrected chi connectivity index (χ1v) is 10.0. The molecule has 1 aliphatic heterocycles. The summed E-state index contributed by atoms with van der Waals surface area (Å²) in [7, 11) is 0. The van der Waals surface area contributed by atoms with Crippen LogP contribution in [-0.4, -0.2) is 22.3 Å². The minimum absolute atomic E-state index is 0.102. The van der Waals surface area contributed by atoms with Gasteiger partial charge in [0.2, 0.25) is 0 Å². The summed E-state index contributed by atoms with van der Waals surface area (Å²) in [5, 5.41) is 15.1. The topological polar surface area (TPSA) is 63.4 Å². The van der Waals surface area contributed by atoms with Gasteiger partial charge >= 0.3 is 0 Å². The average Bonchev–Trinajstić information content (AvgIpc) is 3.31. The van der Waals surface area contributed by atoms with Crippen LogP contribution in [0.1, 0.15) is 31.7 Å². The molecule has 0 saturated heterocycles. The largest absolute Gasteiger partial charge is 0.326 e. The number of thiophene rings is 2. The average molecular weight is 405 g/mol. The normalized spacial score (nSPS) is 16.3. The van der Waals surface area contributed by atoms with E-state index >= 15 is 0 Å². The Bertz CT molecular complexity index is 984. The zero-order chi connectivity index (χ0) is 18.3. The number of carbonyl (C=O) groups is 1. The Morgan fingerprint density at radius 2 is 2.08 bits per heavy atom. The maximum Gasteiger partial charge on any atom is 0.270 e. The van der Waals surface area contributed by atoms with E-state index in [1.807, 2.05) is 22.4 Å². The van der Waals surface area contributed by atoms with Crippen molar-refractivity contribution in [1.82, 2.24) is 4.90 Å². The third kappa shape index (κ3) is 2.92. The van der Waals surface area contributed by atoms with Gasteiger partial charge in [0.1, 0.15) is 0 Å². The zero-order valence-corrected chi connectivity index (χ0v) is 15.8. The fourth-order valence-electron chi connectivity index (χ4n) is 3.23. The molecule has 1 atom stereocenters. The maximum atomic E-state index is 13.2. The molecule has 1 aliphatic rings. The SMILES string of the molecule is O=C(c1ccc([N+](=O)[O-])cc1Cl)N1CCc2sccc2[C@H]1c1cccs1. The molecule has 2 aromatic heterocycles. The van der Waals surface area contributed by atoms with E-state index < -0.39 is 4.92 Å². The first-order chi connectivity index (χ1) is 12.6. The van der Waals surface area contributed by atoms with E-state index in [9.17, 15) is 14.9 Å². The number of rotatable bonds is 3. The molecular formula is C18H13ClN2O3S2.